The normalized spacial score (nSPS) is 16.2. The molecule has 0 spiro atoms. The highest BCUT2D eigenvalue weighted by Crippen LogP contribution is 2.36. The molecule has 2 aromatic rings. The number of benzene rings is 2. The Morgan fingerprint density at radius 2 is 1.72 bits per heavy atom. The number of carbonyl (C=O) groups excluding carboxylic acids is 1. The number of rotatable bonds is 8. The number of hydrogen-bond donors (Lipinski definition) is 0. The second-order valence-corrected chi connectivity index (χ2v) is 10.0. The van der Waals surface area contributed by atoms with Crippen molar-refractivity contribution in [3.05, 3.63) is 54.1 Å². The van der Waals surface area contributed by atoms with Crippen LogP contribution in [0.2, 0.25) is 0 Å². The number of fused-ring (bicyclic) bond motifs is 1. The molecule has 2 aliphatic heterocycles. The van der Waals surface area contributed by atoms with Crippen LogP contribution in [0.4, 0.5) is 5.69 Å². The average molecular weight is 460 g/mol. The highest BCUT2D eigenvalue weighted by Gasteiger charge is 2.24. The number of amides is 1. The number of carbonyl (C=O) groups is 1. The van der Waals surface area contributed by atoms with Crippen molar-refractivity contribution in [3.8, 4) is 11.5 Å². The van der Waals surface area contributed by atoms with Gasteiger partial charge in [0.15, 0.2) is 11.5 Å². The van der Waals surface area contributed by atoms with Crippen molar-refractivity contribution < 1.29 is 22.7 Å². The number of piperazine rings is 1. The second kappa shape index (κ2) is 9.79. The van der Waals surface area contributed by atoms with E-state index in [-0.39, 0.29) is 19.2 Å². The lowest BCUT2D eigenvalue weighted by Gasteiger charge is -2.35. The summed E-state index contributed by atoms with van der Waals surface area (Å²) in [5.74, 6) is 1.20. The summed E-state index contributed by atoms with van der Waals surface area (Å²) >= 11 is 0. The lowest BCUT2D eigenvalue weighted by atomic mass is 10.2. The van der Waals surface area contributed by atoms with Gasteiger partial charge in [0.2, 0.25) is 22.7 Å². The molecule has 1 fully saturated rings. The Kier molecular flexibility index (Phi) is 6.86. The third kappa shape index (κ3) is 5.52. The Labute approximate surface area is 189 Å². The van der Waals surface area contributed by atoms with E-state index in [4.69, 9.17) is 9.47 Å². The molecule has 1 saturated heterocycles. The van der Waals surface area contributed by atoms with Gasteiger partial charge in [0.25, 0.3) is 0 Å². The molecule has 0 aromatic heterocycles. The fourth-order valence-corrected chi connectivity index (χ4v) is 5.01. The molecule has 0 bridgehead atoms. The van der Waals surface area contributed by atoms with Gasteiger partial charge in [-0.1, -0.05) is 30.3 Å². The van der Waals surface area contributed by atoms with E-state index >= 15 is 0 Å². The molecular weight excluding hydrogens is 430 g/mol. The molecule has 9 heteroatoms. The zero-order valence-corrected chi connectivity index (χ0v) is 19.1. The average Bonchev–Trinajstić information content (AvgIpc) is 3.25. The van der Waals surface area contributed by atoms with Crippen LogP contribution in [0.15, 0.2) is 48.5 Å². The predicted molar refractivity (Wildman–Crippen MR) is 122 cm³/mol. The van der Waals surface area contributed by atoms with Crippen molar-refractivity contribution >= 4 is 21.6 Å². The first-order valence-corrected chi connectivity index (χ1v) is 12.7. The zero-order valence-electron chi connectivity index (χ0n) is 18.3. The van der Waals surface area contributed by atoms with Gasteiger partial charge in [-0.3, -0.25) is 14.0 Å². The molecule has 2 aromatic carbocycles. The quantitative estimate of drug-likeness (QED) is 0.603. The Morgan fingerprint density at radius 1 is 1.00 bits per heavy atom. The Morgan fingerprint density at radius 3 is 2.44 bits per heavy atom. The van der Waals surface area contributed by atoms with E-state index in [0.29, 0.717) is 43.1 Å². The summed E-state index contributed by atoms with van der Waals surface area (Å²) in [6.07, 6.45) is 1.94. The Bertz CT molecular complexity index is 1040. The maximum atomic E-state index is 12.7. The maximum absolute atomic E-state index is 12.7. The number of sulfonamides is 1. The van der Waals surface area contributed by atoms with E-state index < -0.39 is 10.0 Å². The van der Waals surface area contributed by atoms with E-state index in [1.54, 1.807) is 18.2 Å². The number of ether oxygens (including phenoxy) is 2. The van der Waals surface area contributed by atoms with Crippen molar-refractivity contribution in [3.63, 3.8) is 0 Å². The van der Waals surface area contributed by atoms with Crippen molar-refractivity contribution in [2.24, 2.45) is 0 Å². The minimum Gasteiger partial charge on any atom is -0.454 e. The van der Waals surface area contributed by atoms with E-state index in [9.17, 15) is 13.2 Å². The standard InChI is InChI=1S/C23H29N3O5S/c1-32(28,29)26(20-9-10-21-22(16-20)31-18-30-21)11-5-8-23(27)25-14-12-24(13-15-25)17-19-6-3-2-4-7-19/h2-4,6-7,9-10,16H,5,8,11-15,17-18H2,1H3. The Balaban J connectivity index is 1.27. The van der Waals surface area contributed by atoms with Gasteiger partial charge < -0.3 is 14.4 Å². The second-order valence-electron chi connectivity index (χ2n) is 8.12. The summed E-state index contributed by atoms with van der Waals surface area (Å²) in [6.45, 7) is 4.33. The van der Waals surface area contributed by atoms with E-state index in [1.165, 1.54) is 16.1 Å². The molecule has 172 valence electrons. The summed E-state index contributed by atoms with van der Waals surface area (Å²) in [4.78, 5) is 16.9. The number of nitrogens with zero attached hydrogens (tertiary/aromatic N) is 3. The van der Waals surface area contributed by atoms with Crippen LogP contribution in [0.5, 0.6) is 11.5 Å². The molecule has 2 aliphatic rings. The summed E-state index contributed by atoms with van der Waals surface area (Å²) in [5, 5.41) is 0. The van der Waals surface area contributed by atoms with Gasteiger partial charge in [-0.25, -0.2) is 8.42 Å². The molecule has 0 unspecified atom stereocenters. The summed E-state index contributed by atoms with van der Waals surface area (Å²) in [5.41, 5.74) is 1.79. The molecule has 0 aliphatic carbocycles. The lowest BCUT2D eigenvalue weighted by molar-refractivity contribution is -0.133. The SMILES string of the molecule is CS(=O)(=O)N(CCCC(=O)N1CCN(Cc2ccccc2)CC1)c1ccc2c(c1)OCO2. The van der Waals surface area contributed by atoms with Crippen molar-refractivity contribution in [2.45, 2.75) is 19.4 Å². The smallest absolute Gasteiger partial charge is 0.232 e. The van der Waals surface area contributed by atoms with E-state index in [1.807, 2.05) is 23.1 Å². The first-order chi connectivity index (χ1) is 15.4. The van der Waals surface area contributed by atoms with Gasteiger partial charge in [-0.2, -0.15) is 0 Å². The summed E-state index contributed by atoms with van der Waals surface area (Å²) in [7, 11) is -3.49. The predicted octanol–water partition coefficient (Wildman–Crippen LogP) is 2.31. The third-order valence-electron chi connectivity index (χ3n) is 5.77. The first-order valence-electron chi connectivity index (χ1n) is 10.8. The van der Waals surface area contributed by atoms with Crippen molar-refractivity contribution in [2.75, 3.05) is 50.1 Å². The van der Waals surface area contributed by atoms with E-state index in [2.05, 4.69) is 17.0 Å². The third-order valence-corrected chi connectivity index (χ3v) is 6.96. The molecule has 0 atom stereocenters. The molecule has 8 nitrogen and oxygen atoms in total. The zero-order chi connectivity index (χ0) is 22.6. The van der Waals surface area contributed by atoms with E-state index in [0.717, 1.165) is 19.6 Å². The monoisotopic (exact) mass is 459 g/mol. The van der Waals surface area contributed by atoms with Gasteiger partial charge in [-0.05, 0) is 24.1 Å². The first kappa shape index (κ1) is 22.4. The molecule has 0 radical (unpaired) electrons. The van der Waals surface area contributed by atoms with Gasteiger partial charge in [0.1, 0.15) is 0 Å². The number of hydrogen-bond acceptors (Lipinski definition) is 6. The van der Waals surface area contributed by atoms with Crippen LogP contribution >= 0.6 is 0 Å². The lowest BCUT2D eigenvalue weighted by Crippen LogP contribution is -2.48. The molecule has 4 rings (SSSR count). The van der Waals surface area contributed by atoms with Crippen molar-refractivity contribution in [1.29, 1.82) is 0 Å². The largest absolute Gasteiger partial charge is 0.454 e. The van der Waals surface area contributed by atoms with Crippen molar-refractivity contribution in [1.82, 2.24) is 9.80 Å². The van der Waals surface area contributed by atoms with Crippen LogP contribution in [-0.2, 0) is 21.4 Å². The molecular formula is C23H29N3O5S. The highest BCUT2D eigenvalue weighted by molar-refractivity contribution is 7.92. The molecule has 32 heavy (non-hydrogen) atoms. The van der Waals surface area contributed by atoms with Crippen LogP contribution in [0.25, 0.3) is 0 Å². The molecule has 1 amide bonds. The van der Waals surface area contributed by atoms with Crippen LogP contribution in [0.3, 0.4) is 0 Å². The molecule has 2 heterocycles. The Hall–Kier alpha value is -2.78. The summed E-state index contributed by atoms with van der Waals surface area (Å²) < 4.78 is 36.7. The van der Waals surface area contributed by atoms with Gasteiger partial charge in [0, 0.05) is 51.8 Å². The van der Waals surface area contributed by atoms with Crippen LogP contribution in [0.1, 0.15) is 18.4 Å². The van der Waals surface area contributed by atoms with Crippen LogP contribution in [0, 0.1) is 0 Å². The number of anilines is 1. The fourth-order valence-electron chi connectivity index (χ4n) is 4.06. The molecule has 0 N–H and O–H groups in total. The minimum atomic E-state index is -3.49. The highest BCUT2D eigenvalue weighted by atomic mass is 32.2. The minimum absolute atomic E-state index is 0.0727. The van der Waals surface area contributed by atoms with Crippen LogP contribution in [-0.4, -0.2) is 69.9 Å². The van der Waals surface area contributed by atoms with Crippen LogP contribution < -0.4 is 13.8 Å². The maximum Gasteiger partial charge on any atom is 0.232 e. The fraction of sp³-hybridized carbons (Fsp3) is 0.435. The topological polar surface area (TPSA) is 79.4 Å². The van der Waals surface area contributed by atoms with Gasteiger partial charge in [-0.15, -0.1) is 0 Å². The van der Waals surface area contributed by atoms with Gasteiger partial charge in [0.05, 0.1) is 11.9 Å². The van der Waals surface area contributed by atoms with Gasteiger partial charge >= 0.3 is 0 Å². The summed E-state index contributed by atoms with van der Waals surface area (Å²) in [6, 6.07) is 15.4. The molecule has 0 saturated carbocycles.